The molecule has 0 bridgehead atoms. The number of aliphatic hydroxyl groups excluding tert-OH is 1. The Labute approximate surface area is 82.3 Å². The molecule has 1 aromatic carbocycles. The molecule has 1 aromatic rings. The molecule has 0 aliphatic heterocycles. The zero-order valence-electron chi connectivity index (χ0n) is 8.25. The first-order valence-electron chi connectivity index (χ1n) is 4.25. The molecule has 1 rings (SSSR count). The van der Waals surface area contributed by atoms with E-state index in [0.717, 1.165) is 0 Å². The summed E-state index contributed by atoms with van der Waals surface area (Å²) in [6.45, 7) is 1.34. The van der Waals surface area contributed by atoms with E-state index in [0.29, 0.717) is 5.56 Å². The van der Waals surface area contributed by atoms with E-state index in [-0.39, 0.29) is 12.4 Å². The number of hydrogen-bond acceptors (Lipinski definition) is 3. The van der Waals surface area contributed by atoms with Crippen LogP contribution in [0.2, 0.25) is 0 Å². The third kappa shape index (κ3) is 1.86. The van der Waals surface area contributed by atoms with Crippen LogP contribution in [-0.2, 0) is 5.54 Å². The molecule has 3 N–H and O–H groups in total. The lowest BCUT2D eigenvalue weighted by molar-refractivity contribution is 0.205. The van der Waals surface area contributed by atoms with Gasteiger partial charge >= 0.3 is 0 Å². The molecule has 14 heavy (non-hydrogen) atoms. The highest BCUT2D eigenvalue weighted by molar-refractivity contribution is 5.39. The molecule has 0 aliphatic rings. The van der Waals surface area contributed by atoms with Crippen LogP contribution in [0.3, 0.4) is 0 Å². The van der Waals surface area contributed by atoms with E-state index < -0.39 is 11.4 Å². The molecular formula is C10H14FNO2. The van der Waals surface area contributed by atoms with E-state index in [1.165, 1.54) is 19.2 Å². The summed E-state index contributed by atoms with van der Waals surface area (Å²) in [6.07, 6.45) is 0. The Bertz CT molecular complexity index is 326. The van der Waals surface area contributed by atoms with Gasteiger partial charge in [-0.3, -0.25) is 0 Å². The van der Waals surface area contributed by atoms with E-state index in [2.05, 4.69) is 0 Å². The monoisotopic (exact) mass is 199 g/mol. The Morgan fingerprint density at radius 2 is 2.21 bits per heavy atom. The molecular weight excluding hydrogens is 185 g/mol. The first-order chi connectivity index (χ1) is 6.53. The normalized spacial score (nSPS) is 14.9. The fourth-order valence-electron chi connectivity index (χ4n) is 1.25. The Kier molecular flexibility index (Phi) is 3.08. The predicted octanol–water partition coefficient (Wildman–Crippen LogP) is 1.00. The predicted molar refractivity (Wildman–Crippen MR) is 51.6 cm³/mol. The van der Waals surface area contributed by atoms with Crippen LogP contribution in [0.4, 0.5) is 4.39 Å². The van der Waals surface area contributed by atoms with Gasteiger partial charge in [-0.05, 0) is 13.0 Å². The van der Waals surface area contributed by atoms with Crippen LogP contribution in [0.1, 0.15) is 12.5 Å². The summed E-state index contributed by atoms with van der Waals surface area (Å²) in [5, 5.41) is 9.06. The van der Waals surface area contributed by atoms with Crippen molar-refractivity contribution < 1.29 is 14.2 Å². The van der Waals surface area contributed by atoms with E-state index in [1.54, 1.807) is 13.0 Å². The molecule has 0 heterocycles. The molecule has 78 valence electrons. The maximum absolute atomic E-state index is 13.3. The molecule has 0 aromatic heterocycles. The second-order valence-electron chi connectivity index (χ2n) is 3.40. The van der Waals surface area contributed by atoms with Gasteiger partial charge in [0.05, 0.1) is 19.3 Å². The molecule has 0 saturated carbocycles. The van der Waals surface area contributed by atoms with Gasteiger partial charge in [0.2, 0.25) is 0 Å². The number of ether oxygens (including phenoxy) is 1. The Hall–Kier alpha value is -1.13. The van der Waals surface area contributed by atoms with Crippen molar-refractivity contribution in [3.05, 3.63) is 29.6 Å². The van der Waals surface area contributed by atoms with Gasteiger partial charge in [-0.15, -0.1) is 0 Å². The van der Waals surface area contributed by atoms with Gasteiger partial charge in [-0.1, -0.05) is 12.1 Å². The summed E-state index contributed by atoms with van der Waals surface area (Å²) in [5.74, 6) is -0.387. The number of halogens is 1. The Balaban J connectivity index is 3.27. The minimum atomic E-state index is -0.993. The number of hydrogen-bond donors (Lipinski definition) is 2. The van der Waals surface area contributed by atoms with Crippen molar-refractivity contribution in [2.24, 2.45) is 5.73 Å². The third-order valence-corrected chi connectivity index (χ3v) is 2.11. The van der Waals surface area contributed by atoms with Crippen LogP contribution in [0.15, 0.2) is 18.2 Å². The topological polar surface area (TPSA) is 55.5 Å². The van der Waals surface area contributed by atoms with Crippen LogP contribution in [0.5, 0.6) is 5.75 Å². The van der Waals surface area contributed by atoms with Gasteiger partial charge < -0.3 is 15.6 Å². The van der Waals surface area contributed by atoms with Crippen LogP contribution < -0.4 is 10.5 Å². The molecule has 1 atom stereocenters. The Morgan fingerprint density at radius 3 is 2.71 bits per heavy atom. The molecule has 0 fully saturated rings. The fourth-order valence-corrected chi connectivity index (χ4v) is 1.25. The van der Waals surface area contributed by atoms with Crippen molar-refractivity contribution in [3.8, 4) is 5.75 Å². The largest absolute Gasteiger partial charge is 0.493 e. The smallest absolute Gasteiger partial charge is 0.165 e. The summed E-state index contributed by atoms with van der Waals surface area (Å²) in [7, 11) is 1.37. The third-order valence-electron chi connectivity index (χ3n) is 2.11. The molecule has 0 aliphatic carbocycles. The summed E-state index contributed by atoms with van der Waals surface area (Å²) in [4.78, 5) is 0. The van der Waals surface area contributed by atoms with E-state index >= 15 is 0 Å². The number of benzene rings is 1. The second kappa shape index (κ2) is 3.94. The minimum Gasteiger partial charge on any atom is -0.493 e. The molecule has 4 heteroatoms. The number of rotatable bonds is 3. The van der Waals surface area contributed by atoms with Crippen LogP contribution in [-0.4, -0.2) is 18.8 Å². The van der Waals surface area contributed by atoms with Crippen LogP contribution >= 0.6 is 0 Å². The van der Waals surface area contributed by atoms with Crippen LogP contribution in [0.25, 0.3) is 0 Å². The zero-order chi connectivity index (χ0) is 10.8. The highest BCUT2D eigenvalue weighted by atomic mass is 19.1. The fraction of sp³-hybridized carbons (Fsp3) is 0.400. The SMILES string of the molecule is COc1c(F)cccc1C(C)(N)CO. The van der Waals surface area contributed by atoms with Gasteiger partial charge in [0.15, 0.2) is 11.6 Å². The van der Waals surface area contributed by atoms with Crippen molar-refractivity contribution in [2.75, 3.05) is 13.7 Å². The first kappa shape index (κ1) is 10.9. The van der Waals surface area contributed by atoms with E-state index in [4.69, 9.17) is 15.6 Å². The van der Waals surface area contributed by atoms with Crippen molar-refractivity contribution in [1.82, 2.24) is 0 Å². The van der Waals surface area contributed by atoms with Gasteiger partial charge in [-0.25, -0.2) is 4.39 Å². The van der Waals surface area contributed by atoms with Gasteiger partial charge in [0.25, 0.3) is 0 Å². The highest BCUT2D eigenvalue weighted by Crippen LogP contribution is 2.29. The Morgan fingerprint density at radius 1 is 1.57 bits per heavy atom. The van der Waals surface area contributed by atoms with E-state index in [9.17, 15) is 4.39 Å². The lowest BCUT2D eigenvalue weighted by atomic mass is 9.93. The second-order valence-corrected chi connectivity index (χ2v) is 3.40. The molecule has 1 unspecified atom stereocenters. The van der Waals surface area contributed by atoms with Crippen molar-refractivity contribution in [3.63, 3.8) is 0 Å². The highest BCUT2D eigenvalue weighted by Gasteiger charge is 2.25. The van der Waals surface area contributed by atoms with Crippen molar-refractivity contribution >= 4 is 0 Å². The summed E-state index contributed by atoms with van der Waals surface area (Å²) in [6, 6.07) is 4.46. The lowest BCUT2D eigenvalue weighted by Crippen LogP contribution is -2.37. The van der Waals surface area contributed by atoms with Crippen molar-refractivity contribution in [1.29, 1.82) is 0 Å². The average molecular weight is 199 g/mol. The molecule has 0 spiro atoms. The number of aliphatic hydroxyl groups is 1. The average Bonchev–Trinajstić information content (AvgIpc) is 2.17. The zero-order valence-corrected chi connectivity index (χ0v) is 8.25. The van der Waals surface area contributed by atoms with Crippen molar-refractivity contribution in [2.45, 2.75) is 12.5 Å². The number of nitrogens with two attached hydrogens (primary N) is 1. The summed E-state index contributed by atoms with van der Waals surface area (Å²) in [5.41, 5.74) is 5.25. The molecule has 3 nitrogen and oxygen atoms in total. The first-order valence-corrected chi connectivity index (χ1v) is 4.25. The standard InChI is InChI=1S/C10H14FNO2/c1-10(12,6-13)7-4-3-5-8(11)9(7)14-2/h3-5,13H,6,12H2,1-2H3. The lowest BCUT2D eigenvalue weighted by Gasteiger charge is -2.24. The van der Waals surface area contributed by atoms with Crippen LogP contribution in [0, 0.1) is 5.82 Å². The maximum atomic E-state index is 13.3. The quantitative estimate of drug-likeness (QED) is 0.763. The number of methoxy groups -OCH3 is 1. The van der Waals surface area contributed by atoms with Gasteiger partial charge in [-0.2, -0.15) is 0 Å². The number of para-hydroxylation sites is 1. The molecule has 0 saturated heterocycles. The molecule has 0 radical (unpaired) electrons. The van der Waals surface area contributed by atoms with Gasteiger partial charge in [0, 0.05) is 5.56 Å². The minimum absolute atomic E-state index is 0.0894. The van der Waals surface area contributed by atoms with Gasteiger partial charge in [0.1, 0.15) is 0 Å². The maximum Gasteiger partial charge on any atom is 0.165 e. The summed E-state index contributed by atoms with van der Waals surface area (Å²) >= 11 is 0. The summed E-state index contributed by atoms with van der Waals surface area (Å²) < 4.78 is 18.2. The molecule has 0 amide bonds. The van der Waals surface area contributed by atoms with E-state index in [1.807, 2.05) is 0 Å².